The molecule has 0 saturated carbocycles. The maximum atomic E-state index is 5.95. The van der Waals surface area contributed by atoms with Crippen molar-refractivity contribution in [3.63, 3.8) is 0 Å². The molecule has 0 bridgehead atoms. The number of hydrogen-bond acceptors (Lipinski definition) is 5. The minimum atomic E-state index is 0.236. The van der Waals surface area contributed by atoms with Gasteiger partial charge in [0.15, 0.2) is 23.0 Å². The third kappa shape index (κ3) is 1.65. The quantitative estimate of drug-likeness (QED) is 0.744. The van der Waals surface area contributed by atoms with Gasteiger partial charge < -0.3 is 15.2 Å². The third-order valence-corrected chi connectivity index (χ3v) is 3.27. The number of rotatable bonds is 1. The lowest BCUT2D eigenvalue weighted by Crippen LogP contribution is -1.93. The summed E-state index contributed by atoms with van der Waals surface area (Å²) in [5.41, 5.74) is 7.77. The summed E-state index contributed by atoms with van der Waals surface area (Å²) in [4.78, 5) is 4.42. The van der Waals surface area contributed by atoms with Crippen LogP contribution < -0.4 is 15.2 Å². The monoisotopic (exact) mass is 288 g/mol. The molecular formula is C13H9ClN4O2. The summed E-state index contributed by atoms with van der Waals surface area (Å²) in [5.74, 6) is 1.96. The molecule has 0 atom stereocenters. The van der Waals surface area contributed by atoms with Crippen molar-refractivity contribution in [2.24, 2.45) is 0 Å². The van der Waals surface area contributed by atoms with Gasteiger partial charge in [0.25, 0.3) is 0 Å². The van der Waals surface area contributed by atoms with Gasteiger partial charge >= 0.3 is 0 Å². The molecule has 1 aliphatic heterocycles. The first-order valence-electron chi connectivity index (χ1n) is 5.92. The lowest BCUT2D eigenvalue weighted by Gasteiger charge is -1.97. The Morgan fingerprint density at radius 3 is 2.95 bits per heavy atom. The first-order valence-corrected chi connectivity index (χ1v) is 6.30. The van der Waals surface area contributed by atoms with E-state index in [0.717, 1.165) is 11.3 Å². The van der Waals surface area contributed by atoms with Crippen LogP contribution in [0.3, 0.4) is 0 Å². The first kappa shape index (κ1) is 11.4. The number of hydrogen-bond donors (Lipinski definition) is 1. The number of nitrogen functional groups attached to an aromatic ring is 1. The van der Waals surface area contributed by atoms with Crippen LogP contribution in [-0.4, -0.2) is 21.4 Å². The van der Waals surface area contributed by atoms with Gasteiger partial charge in [-0.05, 0) is 24.3 Å². The minimum Gasteiger partial charge on any atom is -0.454 e. The molecule has 0 amide bonds. The largest absolute Gasteiger partial charge is 0.454 e. The zero-order chi connectivity index (χ0) is 13.7. The second-order valence-electron chi connectivity index (χ2n) is 4.39. The second-order valence-corrected chi connectivity index (χ2v) is 4.82. The molecule has 0 unspecified atom stereocenters. The molecule has 3 heterocycles. The summed E-state index contributed by atoms with van der Waals surface area (Å²) >= 11 is 5.95. The molecule has 0 spiro atoms. The Morgan fingerprint density at radius 1 is 1.20 bits per heavy atom. The molecule has 2 aromatic heterocycles. The van der Waals surface area contributed by atoms with E-state index in [1.807, 2.05) is 18.2 Å². The molecule has 20 heavy (non-hydrogen) atoms. The van der Waals surface area contributed by atoms with Gasteiger partial charge in [-0.25, -0.2) is 9.50 Å². The van der Waals surface area contributed by atoms with E-state index in [4.69, 9.17) is 26.8 Å². The van der Waals surface area contributed by atoms with Crippen LogP contribution >= 0.6 is 11.6 Å². The van der Waals surface area contributed by atoms with Gasteiger partial charge in [-0.2, -0.15) is 0 Å². The Balaban J connectivity index is 1.88. The number of anilines is 1. The van der Waals surface area contributed by atoms with Crippen LogP contribution in [0.5, 0.6) is 11.5 Å². The Labute approximate surface area is 118 Å². The summed E-state index contributed by atoms with van der Waals surface area (Å²) in [6.07, 6.45) is 1.66. The summed E-state index contributed by atoms with van der Waals surface area (Å²) in [6, 6.07) is 7.20. The van der Waals surface area contributed by atoms with Gasteiger partial charge in [0.05, 0.1) is 10.7 Å². The van der Waals surface area contributed by atoms with E-state index in [9.17, 15) is 0 Å². The number of fused-ring (bicyclic) bond motifs is 2. The van der Waals surface area contributed by atoms with E-state index in [0.29, 0.717) is 27.9 Å². The zero-order valence-corrected chi connectivity index (χ0v) is 11.0. The fourth-order valence-corrected chi connectivity index (χ4v) is 2.35. The zero-order valence-electron chi connectivity index (χ0n) is 10.2. The maximum Gasteiger partial charge on any atom is 0.231 e. The highest BCUT2D eigenvalue weighted by Gasteiger charge is 2.16. The molecule has 0 saturated heterocycles. The third-order valence-electron chi connectivity index (χ3n) is 3.06. The average molecular weight is 289 g/mol. The number of pyridine rings is 1. The minimum absolute atomic E-state index is 0.236. The van der Waals surface area contributed by atoms with Crippen molar-refractivity contribution in [2.45, 2.75) is 0 Å². The Morgan fingerprint density at radius 2 is 2.05 bits per heavy atom. The molecule has 1 aliphatic rings. The van der Waals surface area contributed by atoms with Crippen molar-refractivity contribution in [3.8, 4) is 22.9 Å². The fraction of sp³-hybridized carbons (Fsp3) is 0.0769. The van der Waals surface area contributed by atoms with E-state index in [-0.39, 0.29) is 6.79 Å². The number of halogens is 1. The van der Waals surface area contributed by atoms with E-state index < -0.39 is 0 Å². The highest BCUT2D eigenvalue weighted by Crippen LogP contribution is 2.35. The van der Waals surface area contributed by atoms with Crippen molar-refractivity contribution in [1.82, 2.24) is 14.6 Å². The number of nitrogens with two attached hydrogens (primary N) is 1. The Hall–Kier alpha value is -2.47. The van der Waals surface area contributed by atoms with Crippen molar-refractivity contribution in [2.75, 3.05) is 12.5 Å². The predicted octanol–water partition coefficient (Wildman–Crippen LogP) is 2.36. The van der Waals surface area contributed by atoms with Crippen molar-refractivity contribution < 1.29 is 9.47 Å². The van der Waals surface area contributed by atoms with Gasteiger partial charge in [-0.1, -0.05) is 11.6 Å². The summed E-state index contributed by atoms with van der Waals surface area (Å²) in [6.45, 7) is 0.236. The van der Waals surface area contributed by atoms with Crippen LogP contribution in [0.1, 0.15) is 0 Å². The number of nitrogens with zero attached hydrogens (tertiary/aromatic N) is 3. The molecule has 6 nitrogen and oxygen atoms in total. The van der Waals surface area contributed by atoms with Crippen molar-refractivity contribution in [1.29, 1.82) is 0 Å². The standard InChI is InChI=1S/C13H9ClN4O2/c14-8-4-9(15)13-16-12(17-18(13)5-8)7-1-2-10-11(3-7)20-6-19-10/h1-5H,6,15H2. The van der Waals surface area contributed by atoms with E-state index in [1.165, 1.54) is 0 Å². The van der Waals surface area contributed by atoms with Gasteiger partial charge in [-0.3, -0.25) is 0 Å². The normalized spacial score (nSPS) is 13.1. The fourth-order valence-electron chi connectivity index (χ4n) is 2.14. The van der Waals surface area contributed by atoms with Gasteiger partial charge in [0.2, 0.25) is 6.79 Å². The van der Waals surface area contributed by atoms with Crippen LogP contribution in [0.25, 0.3) is 17.0 Å². The molecule has 0 radical (unpaired) electrons. The SMILES string of the molecule is Nc1cc(Cl)cn2nc(-c3ccc4c(c3)OCO4)nc12. The molecule has 4 rings (SSSR count). The molecule has 0 aliphatic carbocycles. The molecule has 2 N–H and O–H groups in total. The van der Waals surface area contributed by atoms with Gasteiger partial charge in [0, 0.05) is 11.8 Å². The summed E-state index contributed by atoms with van der Waals surface area (Å²) < 4.78 is 12.2. The van der Waals surface area contributed by atoms with E-state index in [1.54, 1.807) is 16.8 Å². The van der Waals surface area contributed by atoms with Crippen molar-refractivity contribution >= 4 is 22.9 Å². The number of ether oxygens (including phenoxy) is 2. The van der Waals surface area contributed by atoms with E-state index >= 15 is 0 Å². The Bertz CT molecular complexity index is 831. The van der Waals surface area contributed by atoms with Crippen LogP contribution in [-0.2, 0) is 0 Å². The topological polar surface area (TPSA) is 74.7 Å². The highest BCUT2D eigenvalue weighted by atomic mass is 35.5. The smallest absolute Gasteiger partial charge is 0.231 e. The first-order chi connectivity index (χ1) is 9.70. The molecule has 0 fully saturated rings. The summed E-state index contributed by atoms with van der Waals surface area (Å²) in [5, 5.41) is 4.89. The summed E-state index contributed by atoms with van der Waals surface area (Å²) in [7, 11) is 0. The second kappa shape index (κ2) is 4.01. The molecule has 100 valence electrons. The van der Waals surface area contributed by atoms with Gasteiger partial charge in [0.1, 0.15) is 0 Å². The lowest BCUT2D eigenvalue weighted by molar-refractivity contribution is 0.174. The molecular weight excluding hydrogens is 280 g/mol. The number of aromatic nitrogens is 3. The van der Waals surface area contributed by atoms with Crippen LogP contribution in [0.15, 0.2) is 30.5 Å². The van der Waals surface area contributed by atoms with Crippen LogP contribution in [0.4, 0.5) is 5.69 Å². The average Bonchev–Trinajstić information content (AvgIpc) is 3.03. The van der Waals surface area contributed by atoms with E-state index in [2.05, 4.69) is 10.1 Å². The van der Waals surface area contributed by atoms with Crippen molar-refractivity contribution in [3.05, 3.63) is 35.5 Å². The lowest BCUT2D eigenvalue weighted by atomic mass is 10.2. The van der Waals surface area contributed by atoms with Crippen LogP contribution in [0.2, 0.25) is 5.02 Å². The maximum absolute atomic E-state index is 5.95. The van der Waals surface area contributed by atoms with Gasteiger partial charge in [-0.15, -0.1) is 5.10 Å². The highest BCUT2D eigenvalue weighted by molar-refractivity contribution is 6.30. The van der Waals surface area contributed by atoms with Crippen LogP contribution in [0, 0.1) is 0 Å². The predicted molar refractivity (Wildman–Crippen MR) is 74.0 cm³/mol. The molecule has 1 aromatic carbocycles. The number of benzene rings is 1. The Kier molecular flexibility index (Phi) is 2.28. The molecule has 7 heteroatoms. The molecule has 3 aromatic rings.